The van der Waals surface area contributed by atoms with Crippen LogP contribution < -0.4 is 24.3 Å². The predicted octanol–water partition coefficient (Wildman–Crippen LogP) is 7.22. The van der Waals surface area contributed by atoms with Crippen LogP contribution in [-0.4, -0.2) is 127 Å². The van der Waals surface area contributed by atoms with Gasteiger partial charge in [0.1, 0.15) is 35.9 Å². The van der Waals surface area contributed by atoms with Gasteiger partial charge in [0.05, 0.1) is 36.9 Å². The first kappa shape index (κ1) is 41.4. The minimum atomic E-state index is -0.468. The number of likely N-dealkylation sites (N-methyl/N-ethyl adjacent to an activating group) is 1. The molecule has 0 atom stereocenters. The lowest BCUT2D eigenvalue weighted by atomic mass is 10.1. The number of ether oxygens (including phenoxy) is 5. The number of methoxy groups -OCH3 is 3. The van der Waals surface area contributed by atoms with E-state index in [0.29, 0.717) is 60.8 Å². The Morgan fingerprint density at radius 3 is 2.35 bits per heavy atom. The SMILES string of the molecule is CCN1CCC(Oc2cc3c(Nc4ccc(F)c(Cl)c4)ncnc3cc2OC)CC1.COCCN(C)C(=O)N1CCC(Oc2ncc3ccc(OC)cc3n2)CC1. The van der Waals surface area contributed by atoms with Gasteiger partial charge in [-0.05, 0) is 55.8 Å². The second-order valence-electron chi connectivity index (χ2n) is 13.8. The number of carbonyl (C=O) groups is 1. The molecule has 4 heterocycles. The average Bonchev–Trinajstić information content (AvgIpc) is 3.24. The molecular formula is C41H50ClFN8O6. The predicted molar refractivity (Wildman–Crippen MR) is 218 cm³/mol. The third-order valence-corrected chi connectivity index (χ3v) is 10.4. The Bertz CT molecular complexity index is 2120. The van der Waals surface area contributed by atoms with Crippen LogP contribution in [0.3, 0.4) is 0 Å². The number of amides is 2. The number of halogens is 2. The highest BCUT2D eigenvalue weighted by atomic mass is 35.5. The van der Waals surface area contributed by atoms with Crippen molar-refractivity contribution in [2.75, 3.05) is 79.6 Å². The number of carbonyl (C=O) groups excluding carboxylic acids is 1. The van der Waals surface area contributed by atoms with Crippen LogP contribution in [0.15, 0.2) is 61.1 Å². The Labute approximate surface area is 337 Å². The highest BCUT2D eigenvalue weighted by Crippen LogP contribution is 2.36. The fraction of sp³-hybridized carbons (Fsp3) is 0.439. The van der Waals surface area contributed by atoms with Crippen molar-refractivity contribution in [3.63, 3.8) is 0 Å². The third-order valence-electron chi connectivity index (χ3n) is 10.1. The summed E-state index contributed by atoms with van der Waals surface area (Å²) in [5.74, 6) is 2.15. The maximum Gasteiger partial charge on any atom is 0.319 e. The van der Waals surface area contributed by atoms with Gasteiger partial charge in [-0.3, -0.25) is 0 Å². The van der Waals surface area contributed by atoms with Crippen molar-refractivity contribution in [3.05, 3.63) is 71.9 Å². The van der Waals surface area contributed by atoms with E-state index in [1.807, 2.05) is 35.2 Å². The zero-order valence-electron chi connectivity index (χ0n) is 33.0. The van der Waals surface area contributed by atoms with Gasteiger partial charge in [-0.1, -0.05) is 18.5 Å². The second kappa shape index (κ2) is 19.7. The summed E-state index contributed by atoms with van der Waals surface area (Å²) in [6, 6.07) is 14.2. The molecule has 2 aromatic heterocycles. The summed E-state index contributed by atoms with van der Waals surface area (Å²) in [5, 5.41) is 4.95. The smallest absolute Gasteiger partial charge is 0.319 e. The van der Waals surface area contributed by atoms with Crippen LogP contribution in [0.1, 0.15) is 32.6 Å². The molecule has 0 bridgehead atoms. The fourth-order valence-corrected chi connectivity index (χ4v) is 6.88. The average molecular weight is 805 g/mol. The lowest BCUT2D eigenvalue weighted by molar-refractivity contribution is 0.0877. The minimum absolute atomic E-state index is 0.00129. The zero-order valence-corrected chi connectivity index (χ0v) is 33.8. The normalized spacial score (nSPS) is 15.2. The molecule has 0 radical (unpaired) electrons. The second-order valence-corrected chi connectivity index (χ2v) is 14.2. The number of aromatic nitrogens is 4. The van der Waals surface area contributed by atoms with E-state index < -0.39 is 5.82 Å². The van der Waals surface area contributed by atoms with Gasteiger partial charge in [0.15, 0.2) is 11.5 Å². The van der Waals surface area contributed by atoms with Crippen molar-refractivity contribution in [3.8, 4) is 23.3 Å². The molecular weight excluding hydrogens is 755 g/mol. The highest BCUT2D eigenvalue weighted by molar-refractivity contribution is 6.31. The van der Waals surface area contributed by atoms with E-state index in [1.165, 1.54) is 18.5 Å². The summed E-state index contributed by atoms with van der Waals surface area (Å²) in [6.45, 7) is 7.72. The van der Waals surface area contributed by atoms with Gasteiger partial charge in [-0.2, -0.15) is 4.98 Å². The lowest BCUT2D eigenvalue weighted by Crippen LogP contribution is -2.47. The molecule has 2 amide bonds. The van der Waals surface area contributed by atoms with Crippen LogP contribution in [0.4, 0.5) is 20.7 Å². The van der Waals surface area contributed by atoms with Crippen molar-refractivity contribution < 1.29 is 32.9 Å². The summed E-state index contributed by atoms with van der Waals surface area (Å²) in [4.78, 5) is 35.8. The van der Waals surface area contributed by atoms with Crippen LogP contribution in [0.2, 0.25) is 5.02 Å². The minimum Gasteiger partial charge on any atom is -0.497 e. The van der Waals surface area contributed by atoms with Gasteiger partial charge in [0, 0.05) is 94.5 Å². The molecule has 16 heteroatoms. The lowest BCUT2D eigenvalue weighted by Gasteiger charge is -2.34. The molecule has 304 valence electrons. The molecule has 1 N–H and O–H groups in total. The number of anilines is 2. The van der Waals surface area contributed by atoms with Crippen molar-refractivity contribution in [1.82, 2.24) is 34.6 Å². The Morgan fingerprint density at radius 1 is 0.895 bits per heavy atom. The van der Waals surface area contributed by atoms with Crippen LogP contribution in [0, 0.1) is 5.82 Å². The van der Waals surface area contributed by atoms with Crippen LogP contribution in [-0.2, 0) is 4.74 Å². The number of hydrogen-bond donors (Lipinski definition) is 1. The van der Waals surface area contributed by atoms with E-state index in [4.69, 9.17) is 35.3 Å². The summed E-state index contributed by atoms with van der Waals surface area (Å²) in [5.41, 5.74) is 2.13. The molecule has 0 aliphatic carbocycles. The van der Waals surface area contributed by atoms with Crippen molar-refractivity contribution in [2.24, 2.45) is 0 Å². The van der Waals surface area contributed by atoms with E-state index in [0.717, 1.165) is 67.4 Å². The summed E-state index contributed by atoms with van der Waals surface area (Å²) < 4.78 is 41.6. The largest absolute Gasteiger partial charge is 0.497 e. The van der Waals surface area contributed by atoms with Gasteiger partial charge in [0.25, 0.3) is 0 Å². The van der Waals surface area contributed by atoms with Crippen LogP contribution in [0.25, 0.3) is 21.8 Å². The molecule has 0 saturated carbocycles. The maximum atomic E-state index is 13.5. The molecule has 2 saturated heterocycles. The van der Waals surface area contributed by atoms with E-state index in [2.05, 4.69) is 37.1 Å². The topological polar surface area (TPSA) is 137 Å². The fourth-order valence-electron chi connectivity index (χ4n) is 6.70. The van der Waals surface area contributed by atoms with E-state index >= 15 is 0 Å². The molecule has 14 nitrogen and oxygen atoms in total. The quantitative estimate of drug-likeness (QED) is 0.136. The first-order chi connectivity index (χ1) is 27.7. The van der Waals surface area contributed by atoms with Gasteiger partial charge >= 0.3 is 12.0 Å². The zero-order chi connectivity index (χ0) is 40.3. The number of fused-ring (bicyclic) bond motifs is 2. The monoisotopic (exact) mass is 804 g/mol. The molecule has 0 spiro atoms. The van der Waals surface area contributed by atoms with Gasteiger partial charge in [0.2, 0.25) is 0 Å². The number of likely N-dealkylation sites (tertiary alicyclic amines) is 2. The van der Waals surface area contributed by atoms with E-state index in [1.54, 1.807) is 45.5 Å². The third kappa shape index (κ3) is 10.8. The van der Waals surface area contributed by atoms with Crippen molar-refractivity contribution in [1.29, 1.82) is 0 Å². The molecule has 2 fully saturated rings. The molecule has 5 aromatic rings. The standard InChI is InChI=1S/C22H24ClFN4O2.C19H26N4O4/c1-3-28-8-6-15(7-9-28)30-21-11-16-19(12-20(21)29-2)25-13-26-22(16)27-14-4-5-18(24)17(23)10-14;1-22(10-11-25-2)19(24)23-8-6-15(7-9-23)27-18-20-13-14-4-5-16(26-3)12-17(14)21-18/h4-5,10-13,15H,3,6-9H2,1-2H3,(H,25,26,27);4-5,12-13,15H,6-11H2,1-3H3. The Balaban J connectivity index is 0.000000194. The Hall–Kier alpha value is -5.25. The first-order valence-electron chi connectivity index (χ1n) is 19.1. The summed E-state index contributed by atoms with van der Waals surface area (Å²) in [7, 11) is 6.67. The van der Waals surface area contributed by atoms with E-state index in [-0.39, 0.29) is 23.3 Å². The van der Waals surface area contributed by atoms with Gasteiger partial charge in [-0.25, -0.2) is 24.1 Å². The number of nitrogens with one attached hydrogen (secondary N) is 1. The van der Waals surface area contributed by atoms with Gasteiger partial charge < -0.3 is 43.7 Å². The number of hydrogen-bond acceptors (Lipinski definition) is 12. The highest BCUT2D eigenvalue weighted by Gasteiger charge is 2.27. The number of piperidine rings is 2. The number of benzene rings is 3. The summed E-state index contributed by atoms with van der Waals surface area (Å²) in [6.07, 6.45) is 6.81. The van der Waals surface area contributed by atoms with Crippen molar-refractivity contribution in [2.45, 2.75) is 44.8 Å². The van der Waals surface area contributed by atoms with Crippen molar-refractivity contribution >= 4 is 50.9 Å². The number of nitrogens with zero attached hydrogens (tertiary/aromatic N) is 7. The number of urea groups is 1. The van der Waals surface area contributed by atoms with Gasteiger partial charge in [-0.15, -0.1) is 0 Å². The molecule has 3 aromatic carbocycles. The molecule has 2 aliphatic heterocycles. The molecule has 0 unspecified atom stereocenters. The van der Waals surface area contributed by atoms with Crippen LogP contribution >= 0.6 is 11.6 Å². The molecule has 2 aliphatic rings. The first-order valence-corrected chi connectivity index (χ1v) is 19.5. The maximum absolute atomic E-state index is 13.5. The number of rotatable bonds is 12. The molecule has 57 heavy (non-hydrogen) atoms. The van der Waals surface area contributed by atoms with E-state index in [9.17, 15) is 9.18 Å². The molecule has 7 rings (SSSR count). The van der Waals surface area contributed by atoms with Crippen LogP contribution in [0.5, 0.6) is 23.3 Å². The Kier molecular flexibility index (Phi) is 14.3. The summed E-state index contributed by atoms with van der Waals surface area (Å²) >= 11 is 5.90. The Morgan fingerprint density at radius 2 is 1.65 bits per heavy atom.